The molecule has 0 radical (unpaired) electrons. The van der Waals surface area contributed by atoms with E-state index < -0.39 is 0 Å². The molecule has 0 aliphatic heterocycles. The van der Waals surface area contributed by atoms with E-state index in [9.17, 15) is 0 Å². The van der Waals surface area contributed by atoms with E-state index >= 15 is 0 Å². The predicted octanol–water partition coefficient (Wildman–Crippen LogP) is 4.44. The SMILES string of the molecule is Cc1cccc(Nc2c(C)cccc2C(N)=S)c1Br. The van der Waals surface area contributed by atoms with E-state index in [0.29, 0.717) is 4.99 Å². The van der Waals surface area contributed by atoms with Crippen LogP contribution in [0.15, 0.2) is 40.9 Å². The van der Waals surface area contributed by atoms with Crippen molar-refractivity contribution in [2.45, 2.75) is 13.8 Å². The first-order valence-electron chi connectivity index (χ1n) is 5.92. The van der Waals surface area contributed by atoms with Gasteiger partial charge in [-0.15, -0.1) is 0 Å². The Labute approximate surface area is 127 Å². The molecule has 0 spiro atoms. The Bertz CT molecular complexity index is 638. The molecule has 0 aromatic heterocycles. The Hall–Kier alpha value is -1.39. The minimum absolute atomic E-state index is 0.398. The van der Waals surface area contributed by atoms with Crippen molar-refractivity contribution in [1.82, 2.24) is 0 Å². The van der Waals surface area contributed by atoms with Gasteiger partial charge in [-0.1, -0.05) is 36.5 Å². The van der Waals surface area contributed by atoms with Gasteiger partial charge in [0.15, 0.2) is 0 Å². The second kappa shape index (κ2) is 5.72. The number of hydrogen-bond donors (Lipinski definition) is 2. The number of nitrogens with two attached hydrogens (primary N) is 1. The lowest BCUT2D eigenvalue weighted by Crippen LogP contribution is -2.12. The number of aryl methyl sites for hydroxylation is 2. The molecular weight excluding hydrogens is 320 g/mol. The normalized spacial score (nSPS) is 10.3. The van der Waals surface area contributed by atoms with Crippen molar-refractivity contribution in [2.24, 2.45) is 5.73 Å². The fraction of sp³-hybridized carbons (Fsp3) is 0.133. The van der Waals surface area contributed by atoms with Gasteiger partial charge in [0.25, 0.3) is 0 Å². The van der Waals surface area contributed by atoms with Gasteiger partial charge >= 0.3 is 0 Å². The minimum atomic E-state index is 0.398. The highest BCUT2D eigenvalue weighted by atomic mass is 79.9. The average molecular weight is 335 g/mol. The highest BCUT2D eigenvalue weighted by Crippen LogP contribution is 2.31. The number of halogens is 1. The van der Waals surface area contributed by atoms with Crippen molar-refractivity contribution in [3.05, 3.63) is 57.6 Å². The molecule has 0 atom stereocenters. The van der Waals surface area contributed by atoms with Gasteiger partial charge in [0, 0.05) is 10.0 Å². The summed E-state index contributed by atoms with van der Waals surface area (Å²) in [6.45, 7) is 4.09. The third kappa shape index (κ3) is 2.96. The highest BCUT2D eigenvalue weighted by molar-refractivity contribution is 9.10. The first-order valence-corrected chi connectivity index (χ1v) is 7.12. The van der Waals surface area contributed by atoms with E-state index in [1.807, 2.05) is 37.3 Å². The second-order valence-electron chi connectivity index (χ2n) is 4.42. The largest absolute Gasteiger partial charge is 0.389 e. The molecule has 2 nitrogen and oxygen atoms in total. The van der Waals surface area contributed by atoms with Crippen LogP contribution in [-0.4, -0.2) is 4.99 Å². The summed E-state index contributed by atoms with van der Waals surface area (Å²) in [6.07, 6.45) is 0. The molecule has 3 N–H and O–H groups in total. The molecule has 2 aromatic rings. The van der Waals surface area contributed by atoms with Crippen LogP contribution in [0.3, 0.4) is 0 Å². The van der Waals surface area contributed by atoms with Crippen LogP contribution in [0, 0.1) is 13.8 Å². The Morgan fingerprint density at radius 3 is 2.42 bits per heavy atom. The number of hydrogen-bond acceptors (Lipinski definition) is 2. The molecule has 0 aliphatic carbocycles. The van der Waals surface area contributed by atoms with Crippen LogP contribution in [0.5, 0.6) is 0 Å². The fourth-order valence-corrected chi connectivity index (χ4v) is 2.45. The first kappa shape index (κ1) is 14.0. The zero-order valence-corrected chi connectivity index (χ0v) is 13.2. The summed E-state index contributed by atoms with van der Waals surface area (Å²) in [7, 11) is 0. The van der Waals surface area contributed by atoms with Gasteiger partial charge in [0.05, 0.1) is 11.4 Å². The van der Waals surface area contributed by atoms with Gasteiger partial charge in [0.1, 0.15) is 4.99 Å². The third-order valence-corrected chi connectivity index (χ3v) is 4.26. The van der Waals surface area contributed by atoms with Crippen LogP contribution >= 0.6 is 28.1 Å². The van der Waals surface area contributed by atoms with Crippen molar-refractivity contribution < 1.29 is 0 Å². The van der Waals surface area contributed by atoms with Gasteiger partial charge in [-0.25, -0.2) is 0 Å². The fourth-order valence-electron chi connectivity index (χ4n) is 1.92. The third-order valence-electron chi connectivity index (χ3n) is 2.99. The number of benzene rings is 2. The topological polar surface area (TPSA) is 38.0 Å². The van der Waals surface area contributed by atoms with E-state index in [0.717, 1.165) is 27.0 Å². The van der Waals surface area contributed by atoms with Gasteiger partial charge in [0.2, 0.25) is 0 Å². The highest BCUT2D eigenvalue weighted by Gasteiger charge is 2.10. The lowest BCUT2D eigenvalue weighted by molar-refractivity contribution is 1.38. The first-order chi connectivity index (χ1) is 9.00. The van der Waals surface area contributed by atoms with Gasteiger partial charge in [-0.05, 0) is 53.0 Å². The molecule has 0 aliphatic rings. The maximum absolute atomic E-state index is 5.78. The Kier molecular flexibility index (Phi) is 4.22. The predicted molar refractivity (Wildman–Crippen MR) is 89.2 cm³/mol. The van der Waals surface area contributed by atoms with Crippen LogP contribution in [0.25, 0.3) is 0 Å². The van der Waals surface area contributed by atoms with E-state index in [2.05, 4.69) is 34.2 Å². The summed E-state index contributed by atoms with van der Waals surface area (Å²) in [5.41, 5.74) is 10.9. The molecule has 0 saturated heterocycles. The Balaban J connectivity index is 2.49. The molecule has 0 unspecified atom stereocenters. The molecule has 0 bridgehead atoms. The molecule has 4 heteroatoms. The lowest BCUT2D eigenvalue weighted by atomic mass is 10.1. The molecule has 2 aromatic carbocycles. The molecule has 0 saturated carbocycles. The van der Waals surface area contributed by atoms with E-state index in [4.69, 9.17) is 18.0 Å². The van der Waals surface area contributed by atoms with E-state index in [1.165, 1.54) is 5.56 Å². The number of thiocarbonyl (C=S) groups is 1. The molecule has 2 rings (SSSR count). The molecule has 0 fully saturated rings. The number of anilines is 2. The Morgan fingerprint density at radius 1 is 1.11 bits per heavy atom. The second-order valence-corrected chi connectivity index (χ2v) is 5.66. The Morgan fingerprint density at radius 2 is 1.74 bits per heavy atom. The van der Waals surface area contributed by atoms with E-state index in [-0.39, 0.29) is 0 Å². The van der Waals surface area contributed by atoms with Crippen molar-refractivity contribution in [3.63, 3.8) is 0 Å². The van der Waals surface area contributed by atoms with E-state index in [1.54, 1.807) is 0 Å². The molecule has 0 heterocycles. The summed E-state index contributed by atoms with van der Waals surface area (Å²) in [4.78, 5) is 0.398. The van der Waals surface area contributed by atoms with Crippen LogP contribution < -0.4 is 11.1 Å². The molecular formula is C15H15BrN2S. The van der Waals surface area contributed by atoms with Crippen LogP contribution in [0.1, 0.15) is 16.7 Å². The number of rotatable bonds is 3. The monoisotopic (exact) mass is 334 g/mol. The van der Waals surface area contributed by atoms with Gasteiger partial charge in [-0.3, -0.25) is 0 Å². The maximum Gasteiger partial charge on any atom is 0.106 e. The van der Waals surface area contributed by atoms with Crippen molar-refractivity contribution in [1.29, 1.82) is 0 Å². The van der Waals surface area contributed by atoms with Crippen LogP contribution in [0.4, 0.5) is 11.4 Å². The van der Waals surface area contributed by atoms with Gasteiger partial charge < -0.3 is 11.1 Å². The standard InChI is InChI=1S/C15H15BrN2S/c1-9-5-4-8-12(13(9)16)18-14-10(2)6-3-7-11(14)15(17)19/h3-8,18H,1-2H3,(H2,17,19). The minimum Gasteiger partial charge on any atom is -0.389 e. The van der Waals surface area contributed by atoms with Crippen molar-refractivity contribution >= 4 is 44.5 Å². The summed E-state index contributed by atoms with van der Waals surface area (Å²) in [5, 5.41) is 3.42. The van der Waals surface area contributed by atoms with Crippen molar-refractivity contribution in [2.75, 3.05) is 5.32 Å². The zero-order valence-electron chi connectivity index (χ0n) is 10.8. The van der Waals surface area contributed by atoms with Gasteiger partial charge in [-0.2, -0.15) is 0 Å². The molecule has 98 valence electrons. The number of para-hydroxylation sites is 1. The van der Waals surface area contributed by atoms with Crippen LogP contribution in [0.2, 0.25) is 0 Å². The zero-order chi connectivity index (χ0) is 14.0. The smallest absolute Gasteiger partial charge is 0.106 e. The lowest BCUT2D eigenvalue weighted by Gasteiger charge is -2.16. The summed E-state index contributed by atoms with van der Waals surface area (Å²) in [6, 6.07) is 12.0. The summed E-state index contributed by atoms with van der Waals surface area (Å²) in [5.74, 6) is 0. The average Bonchev–Trinajstić information content (AvgIpc) is 2.36. The molecule has 19 heavy (non-hydrogen) atoms. The maximum atomic E-state index is 5.78. The quantitative estimate of drug-likeness (QED) is 0.814. The van der Waals surface area contributed by atoms with Crippen LogP contribution in [-0.2, 0) is 0 Å². The van der Waals surface area contributed by atoms with Crippen molar-refractivity contribution in [3.8, 4) is 0 Å². The summed E-state index contributed by atoms with van der Waals surface area (Å²) < 4.78 is 1.05. The number of nitrogens with one attached hydrogen (secondary N) is 1. The summed E-state index contributed by atoms with van der Waals surface area (Å²) >= 11 is 8.71. The molecule has 0 amide bonds.